The Kier molecular flexibility index (Phi) is 5.62. The third-order valence-electron chi connectivity index (χ3n) is 4.95. The first-order chi connectivity index (χ1) is 13.9. The fourth-order valence-corrected chi connectivity index (χ4v) is 5.48. The fourth-order valence-electron chi connectivity index (χ4n) is 3.38. The lowest BCUT2D eigenvalue weighted by Gasteiger charge is -2.27. The molecular formula is C20H21N3O4S2. The highest BCUT2D eigenvalue weighted by molar-refractivity contribution is 8.01. The van der Waals surface area contributed by atoms with Gasteiger partial charge in [-0.2, -0.15) is 0 Å². The average Bonchev–Trinajstić information content (AvgIpc) is 3.26. The summed E-state index contributed by atoms with van der Waals surface area (Å²) in [5.74, 6) is -0.594. The van der Waals surface area contributed by atoms with Crippen LogP contribution in [0.1, 0.15) is 18.4 Å². The Labute approximate surface area is 173 Å². The zero-order chi connectivity index (χ0) is 20.4. The molecule has 2 aliphatic rings. The summed E-state index contributed by atoms with van der Waals surface area (Å²) in [6.45, 7) is 1.54. The summed E-state index contributed by atoms with van der Waals surface area (Å²) in [7, 11) is -3.74. The van der Waals surface area contributed by atoms with Crippen molar-refractivity contribution >= 4 is 39.3 Å². The molecule has 0 unspecified atom stereocenters. The number of anilines is 1. The van der Waals surface area contributed by atoms with Crippen molar-refractivity contribution in [1.29, 1.82) is 0 Å². The van der Waals surface area contributed by atoms with E-state index in [0.717, 1.165) is 18.4 Å². The predicted octanol–water partition coefficient (Wildman–Crippen LogP) is 2.20. The minimum atomic E-state index is -3.74. The maximum absolute atomic E-state index is 12.6. The standard InChI is InChI=1S/C20H21N3O4S2/c24-19-18(20(25)23-10-4-5-11-23)28-17-9-8-15(12-16(17)22-19)29(26,27)21-13-14-6-2-1-3-7-14/h1-3,6-9,12,18,21H,4-5,10-11,13H2,(H,22,24)/t18-/m1/s1. The van der Waals surface area contributed by atoms with Gasteiger partial charge in [-0.05, 0) is 36.6 Å². The Morgan fingerprint density at radius 1 is 1.14 bits per heavy atom. The maximum Gasteiger partial charge on any atom is 0.247 e. The van der Waals surface area contributed by atoms with E-state index >= 15 is 0 Å². The number of carbonyl (C=O) groups excluding carboxylic acids is 2. The molecule has 1 fully saturated rings. The molecule has 2 aliphatic heterocycles. The number of hydrogen-bond donors (Lipinski definition) is 2. The Balaban J connectivity index is 1.50. The summed E-state index contributed by atoms with van der Waals surface area (Å²) in [4.78, 5) is 27.6. The molecule has 1 atom stereocenters. The summed E-state index contributed by atoms with van der Waals surface area (Å²) in [6.07, 6.45) is 1.91. The fraction of sp³-hybridized carbons (Fsp3) is 0.300. The van der Waals surface area contributed by atoms with Gasteiger partial charge in [-0.1, -0.05) is 30.3 Å². The largest absolute Gasteiger partial charge is 0.341 e. The van der Waals surface area contributed by atoms with Gasteiger partial charge in [-0.15, -0.1) is 11.8 Å². The minimum absolute atomic E-state index is 0.0670. The molecule has 0 aliphatic carbocycles. The van der Waals surface area contributed by atoms with Crippen LogP contribution in [0.4, 0.5) is 5.69 Å². The van der Waals surface area contributed by atoms with Crippen LogP contribution in [0.25, 0.3) is 0 Å². The Hall–Kier alpha value is -2.36. The van der Waals surface area contributed by atoms with Gasteiger partial charge in [-0.25, -0.2) is 13.1 Å². The normalized spacial score (nSPS) is 19.0. The van der Waals surface area contributed by atoms with E-state index in [9.17, 15) is 18.0 Å². The van der Waals surface area contributed by atoms with Gasteiger partial charge >= 0.3 is 0 Å². The van der Waals surface area contributed by atoms with Gasteiger partial charge in [0.1, 0.15) is 0 Å². The Morgan fingerprint density at radius 3 is 2.59 bits per heavy atom. The number of fused-ring (bicyclic) bond motifs is 1. The van der Waals surface area contributed by atoms with Gasteiger partial charge in [0, 0.05) is 24.5 Å². The van der Waals surface area contributed by atoms with Gasteiger partial charge < -0.3 is 10.2 Å². The molecule has 1 saturated heterocycles. The number of benzene rings is 2. The molecule has 2 amide bonds. The van der Waals surface area contributed by atoms with Crippen molar-refractivity contribution in [2.24, 2.45) is 0 Å². The van der Waals surface area contributed by atoms with Gasteiger partial charge in [0.2, 0.25) is 21.8 Å². The van der Waals surface area contributed by atoms with Crippen LogP contribution >= 0.6 is 11.8 Å². The Bertz CT molecular complexity index is 1030. The third kappa shape index (κ3) is 4.31. The molecule has 2 aromatic carbocycles. The molecule has 29 heavy (non-hydrogen) atoms. The summed E-state index contributed by atoms with van der Waals surface area (Å²) >= 11 is 1.17. The van der Waals surface area contributed by atoms with E-state index in [1.54, 1.807) is 11.0 Å². The van der Waals surface area contributed by atoms with Crippen molar-refractivity contribution < 1.29 is 18.0 Å². The Morgan fingerprint density at radius 2 is 1.86 bits per heavy atom. The van der Waals surface area contributed by atoms with Crippen LogP contribution in [0.15, 0.2) is 58.3 Å². The SMILES string of the molecule is O=C1Nc2cc(S(=O)(=O)NCc3ccccc3)ccc2S[C@H]1C(=O)N1CCCC1. The van der Waals surface area contributed by atoms with Gasteiger partial charge in [0.15, 0.2) is 5.25 Å². The van der Waals surface area contributed by atoms with E-state index in [0.29, 0.717) is 23.7 Å². The smallest absolute Gasteiger partial charge is 0.247 e. The van der Waals surface area contributed by atoms with Gasteiger partial charge in [0.05, 0.1) is 10.6 Å². The molecule has 7 nitrogen and oxygen atoms in total. The number of sulfonamides is 1. The molecule has 4 rings (SSSR count). The highest BCUT2D eigenvalue weighted by Gasteiger charge is 2.37. The van der Waals surface area contributed by atoms with Crippen molar-refractivity contribution in [1.82, 2.24) is 9.62 Å². The molecule has 0 spiro atoms. The second-order valence-corrected chi connectivity index (χ2v) is 9.90. The number of nitrogens with one attached hydrogen (secondary N) is 2. The summed E-state index contributed by atoms with van der Waals surface area (Å²) in [5, 5.41) is 1.87. The first kappa shape index (κ1) is 19.9. The summed E-state index contributed by atoms with van der Waals surface area (Å²) in [5.41, 5.74) is 1.26. The molecule has 0 aromatic heterocycles. The number of rotatable bonds is 5. The summed E-state index contributed by atoms with van der Waals surface area (Å²) < 4.78 is 27.8. The van der Waals surface area contributed by atoms with Crippen LogP contribution in [-0.2, 0) is 26.2 Å². The number of likely N-dealkylation sites (tertiary alicyclic amines) is 1. The predicted molar refractivity (Wildman–Crippen MR) is 111 cm³/mol. The number of nitrogens with zero attached hydrogens (tertiary/aromatic N) is 1. The van der Waals surface area contributed by atoms with E-state index in [1.165, 1.54) is 23.9 Å². The molecule has 9 heteroatoms. The highest BCUT2D eigenvalue weighted by atomic mass is 32.2. The lowest BCUT2D eigenvalue weighted by Crippen LogP contribution is -2.43. The zero-order valence-corrected chi connectivity index (χ0v) is 17.3. The van der Waals surface area contributed by atoms with E-state index < -0.39 is 21.2 Å². The molecule has 2 heterocycles. The van der Waals surface area contributed by atoms with Crippen LogP contribution in [0.3, 0.4) is 0 Å². The van der Waals surface area contributed by atoms with Crippen molar-refractivity contribution in [2.45, 2.75) is 34.4 Å². The van der Waals surface area contributed by atoms with Crippen molar-refractivity contribution in [2.75, 3.05) is 18.4 Å². The monoisotopic (exact) mass is 431 g/mol. The van der Waals surface area contributed by atoms with E-state index in [-0.39, 0.29) is 17.3 Å². The third-order valence-corrected chi connectivity index (χ3v) is 7.61. The van der Waals surface area contributed by atoms with Crippen molar-refractivity contribution in [3.63, 3.8) is 0 Å². The lowest BCUT2D eigenvalue weighted by atomic mass is 10.2. The van der Waals surface area contributed by atoms with Crippen LogP contribution in [-0.4, -0.2) is 43.5 Å². The number of amides is 2. The molecule has 2 N–H and O–H groups in total. The molecule has 152 valence electrons. The van der Waals surface area contributed by atoms with Crippen LogP contribution in [0, 0.1) is 0 Å². The second-order valence-electron chi connectivity index (χ2n) is 6.99. The average molecular weight is 432 g/mol. The second kappa shape index (κ2) is 8.17. The topological polar surface area (TPSA) is 95.6 Å². The van der Waals surface area contributed by atoms with Crippen LogP contribution < -0.4 is 10.0 Å². The molecular weight excluding hydrogens is 410 g/mol. The van der Waals surface area contributed by atoms with E-state index in [2.05, 4.69) is 10.0 Å². The van der Waals surface area contributed by atoms with E-state index in [4.69, 9.17) is 0 Å². The van der Waals surface area contributed by atoms with Crippen molar-refractivity contribution in [3.8, 4) is 0 Å². The number of hydrogen-bond acceptors (Lipinski definition) is 5. The molecule has 2 aromatic rings. The minimum Gasteiger partial charge on any atom is -0.341 e. The van der Waals surface area contributed by atoms with Gasteiger partial charge in [0.25, 0.3) is 0 Å². The number of carbonyl (C=O) groups is 2. The maximum atomic E-state index is 12.6. The quantitative estimate of drug-likeness (QED) is 0.708. The molecule has 0 saturated carbocycles. The van der Waals surface area contributed by atoms with Crippen molar-refractivity contribution in [3.05, 3.63) is 54.1 Å². The first-order valence-electron chi connectivity index (χ1n) is 9.38. The lowest BCUT2D eigenvalue weighted by molar-refractivity contribution is -0.133. The summed E-state index contributed by atoms with van der Waals surface area (Å²) in [6, 6.07) is 13.8. The highest BCUT2D eigenvalue weighted by Crippen LogP contribution is 2.38. The van der Waals surface area contributed by atoms with E-state index in [1.807, 2.05) is 30.3 Å². The number of thioether (sulfide) groups is 1. The molecule has 0 bridgehead atoms. The van der Waals surface area contributed by atoms with Crippen LogP contribution in [0.2, 0.25) is 0 Å². The molecule has 0 radical (unpaired) electrons. The van der Waals surface area contributed by atoms with Crippen LogP contribution in [0.5, 0.6) is 0 Å². The zero-order valence-electron chi connectivity index (χ0n) is 15.6. The van der Waals surface area contributed by atoms with Gasteiger partial charge in [-0.3, -0.25) is 9.59 Å². The first-order valence-corrected chi connectivity index (χ1v) is 11.7.